The molecule has 0 amide bonds. The molecule has 0 spiro atoms. The Morgan fingerprint density at radius 3 is 2.09 bits per heavy atom. The van der Waals surface area contributed by atoms with Crippen LogP contribution in [0.1, 0.15) is 45.5 Å². The third kappa shape index (κ3) is 8.65. The number of nitrogens with zero attached hydrogens (tertiary/aromatic N) is 1. The maximum Gasteiger partial charge on any atom is 0.337 e. The van der Waals surface area contributed by atoms with E-state index in [-0.39, 0.29) is 23.4 Å². The quantitative estimate of drug-likeness (QED) is 0.0764. The normalized spacial score (nSPS) is 10.7. The molecule has 0 aliphatic carbocycles. The maximum atomic E-state index is 11.5. The van der Waals surface area contributed by atoms with Gasteiger partial charge >= 0.3 is 11.9 Å². The minimum absolute atomic E-state index is 0.113. The summed E-state index contributed by atoms with van der Waals surface area (Å²) in [6, 6.07) is 9.57. The van der Waals surface area contributed by atoms with E-state index in [1.165, 1.54) is 18.2 Å². The third-order valence-corrected chi connectivity index (χ3v) is 5.02. The molecule has 0 radical (unpaired) electrons. The molecule has 2 aromatic rings. The first-order valence-electron chi connectivity index (χ1n) is 10.9. The van der Waals surface area contributed by atoms with Crippen LogP contribution in [0.15, 0.2) is 48.6 Å². The number of carbonyl (C=O) groups is 2. The van der Waals surface area contributed by atoms with E-state index in [1.54, 1.807) is 37.4 Å². The fourth-order valence-electron chi connectivity index (χ4n) is 3.19. The van der Waals surface area contributed by atoms with Crippen LogP contribution in [0.2, 0.25) is 0 Å². The number of aromatic carboxylic acids is 2. The van der Waals surface area contributed by atoms with Crippen LogP contribution in [0.3, 0.4) is 0 Å². The molecule has 188 valence electrons. The molecule has 0 saturated carbocycles. The van der Waals surface area contributed by atoms with E-state index in [0.29, 0.717) is 41.1 Å². The molecule has 11 heteroatoms. The lowest BCUT2D eigenvalue weighted by molar-refractivity contribution is 0.0686. The van der Waals surface area contributed by atoms with Crippen LogP contribution in [0, 0.1) is 5.41 Å². The number of benzene rings is 2. The summed E-state index contributed by atoms with van der Waals surface area (Å²) in [6.45, 7) is 0.941. The average molecular weight is 486 g/mol. The average Bonchev–Trinajstić information content (AvgIpc) is 2.82. The fourth-order valence-corrected chi connectivity index (χ4v) is 3.19. The number of unbranched alkanes of at least 4 members (excludes halogenated alkanes) is 2. The molecular weight excluding hydrogens is 454 g/mol. The van der Waals surface area contributed by atoms with Crippen LogP contribution in [0.4, 0.5) is 5.69 Å². The number of amidine groups is 1. The number of rotatable bonds is 14. The number of hydrogen-bond acceptors (Lipinski definition) is 8. The highest BCUT2D eigenvalue weighted by Crippen LogP contribution is 2.23. The van der Waals surface area contributed by atoms with E-state index in [1.807, 2.05) is 0 Å². The van der Waals surface area contributed by atoms with E-state index in [9.17, 15) is 14.7 Å². The Bertz CT molecular complexity index is 1070. The first-order chi connectivity index (χ1) is 16.7. The molecule has 0 aliphatic heterocycles. The van der Waals surface area contributed by atoms with Crippen molar-refractivity contribution in [3.63, 3.8) is 0 Å². The Labute approximate surface area is 203 Å². The Hall–Kier alpha value is -4.09. The topological polar surface area (TPSA) is 184 Å². The molecule has 0 heterocycles. The number of carboxylic acid groups (broad SMARTS) is 2. The Kier molecular flexibility index (Phi) is 10.5. The van der Waals surface area contributed by atoms with Crippen LogP contribution in [-0.4, -0.2) is 53.4 Å². The van der Waals surface area contributed by atoms with Crippen LogP contribution < -0.4 is 26.5 Å². The molecule has 11 nitrogen and oxygen atoms in total. The number of hydrazine groups is 2. The van der Waals surface area contributed by atoms with Crippen molar-refractivity contribution in [2.75, 3.05) is 25.6 Å². The maximum absolute atomic E-state index is 11.5. The van der Waals surface area contributed by atoms with Gasteiger partial charge in [-0.05, 0) is 67.7 Å². The lowest BCUT2D eigenvalue weighted by Crippen LogP contribution is -2.41. The lowest BCUT2D eigenvalue weighted by atomic mass is 10.0. The Morgan fingerprint density at radius 2 is 1.54 bits per heavy atom. The van der Waals surface area contributed by atoms with E-state index in [0.717, 1.165) is 19.3 Å². The zero-order chi connectivity index (χ0) is 25.8. The highest BCUT2D eigenvalue weighted by atomic mass is 16.5. The van der Waals surface area contributed by atoms with Gasteiger partial charge in [-0.3, -0.25) is 5.41 Å². The predicted molar refractivity (Wildman–Crippen MR) is 132 cm³/mol. The molecule has 0 aromatic heterocycles. The summed E-state index contributed by atoms with van der Waals surface area (Å²) in [5.74, 6) is 9.52. The Morgan fingerprint density at radius 1 is 0.971 bits per heavy atom. The van der Waals surface area contributed by atoms with Gasteiger partial charge in [0.05, 0.1) is 30.0 Å². The smallest absolute Gasteiger partial charge is 0.337 e. The number of carboxylic acids is 2. The summed E-state index contributed by atoms with van der Waals surface area (Å²) >= 11 is 0. The van der Waals surface area contributed by atoms with Crippen molar-refractivity contribution in [3.05, 3.63) is 65.2 Å². The number of nitrogens with one attached hydrogen (secondary N) is 2. The summed E-state index contributed by atoms with van der Waals surface area (Å²) in [5, 5.41) is 29.6. The molecule has 0 fully saturated rings. The van der Waals surface area contributed by atoms with Gasteiger partial charge in [0.25, 0.3) is 0 Å². The van der Waals surface area contributed by atoms with Crippen molar-refractivity contribution in [3.8, 4) is 11.5 Å². The number of ether oxygens (including phenoxy) is 2. The molecule has 2 aromatic carbocycles. The van der Waals surface area contributed by atoms with Gasteiger partial charge in [-0.25, -0.2) is 26.4 Å². The largest absolute Gasteiger partial charge is 0.494 e. The molecule has 0 aliphatic rings. The summed E-state index contributed by atoms with van der Waals surface area (Å²) in [7, 11) is 1.66. The summed E-state index contributed by atoms with van der Waals surface area (Å²) in [4.78, 5) is 22.7. The minimum Gasteiger partial charge on any atom is -0.494 e. The van der Waals surface area contributed by atoms with Crippen molar-refractivity contribution in [2.24, 2.45) is 11.7 Å². The fraction of sp³-hybridized carbons (Fsp3) is 0.292. The van der Waals surface area contributed by atoms with Gasteiger partial charge in [0, 0.05) is 13.1 Å². The van der Waals surface area contributed by atoms with Gasteiger partial charge in [0.15, 0.2) is 5.84 Å². The molecule has 35 heavy (non-hydrogen) atoms. The van der Waals surface area contributed by atoms with Gasteiger partial charge in [-0.1, -0.05) is 6.08 Å². The minimum atomic E-state index is -1.05. The van der Waals surface area contributed by atoms with Gasteiger partial charge in [-0.15, -0.1) is 0 Å². The van der Waals surface area contributed by atoms with E-state index >= 15 is 0 Å². The second-order valence-electron chi connectivity index (χ2n) is 7.54. The number of hydrogen-bond donors (Lipinski definition) is 6. The number of nitrogens with two attached hydrogens (primary N) is 2. The van der Waals surface area contributed by atoms with E-state index in [2.05, 4.69) is 5.32 Å². The summed E-state index contributed by atoms with van der Waals surface area (Å²) in [6.07, 6.45) is 5.69. The molecule has 0 saturated heterocycles. The number of anilines is 1. The summed E-state index contributed by atoms with van der Waals surface area (Å²) < 4.78 is 11.5. The first-order valence-corrected chi connectivity index (χ1v) is 10.9. The number of allylic oxidation sites excluding steroid dienone is 1. The lowest BCUT2D eigenvalue weighted by Gasteiger charge is -2.11. The van der Waals surface area contributed by atoms with Gasteiger partial charge in [-0.2, -0.15) is 0 Å². The summed E-state index contributed by atoms with van der Waals surface area (Å²) in [5.41, 5.74) is 1.37. The molecule has 8 N–H and O–H groups in total. The van der Waals surface area contributed by atoms with E-state index in [4.69, 9.17) is 31.7 Å². The van der Waals surface area contributed by atoms with Gasteiger partial charge in [0.2, 0.25) is 0 Å². The van der Waals surface area contributed by atoms with Crippen molar-refractivity contribution < 1.29 is 29.3 Å². The van der Waals surface area contributed by atoms with Crippen molar-refractivity contribution >= 4 is 23.5 Å². The Balaban J connectivity index is 1.79. The second kappa shape index (κ2) is 13.6. The molecule has 2 rings (SSSR count). The zero-order valence-electron chi connectivity index (χ0n) is 19.5. The van der Waals surface area contributed by atoms with Crippen LogP contribution in [-0.2, 0) is 6.42 Å². The van der Waals surface area contributed by atoms with E-state index < -0.39 is 11.9 Å². The van der Waals surface area contributed by atoms with Gasteiger partial charge in [0.1, 0.15) is 11.5 Å². The van der Waals surface area contributed by atoms with Gasteiger partial charge < -0.3 is 25.0 Å². The van der Waals surface area contributed by atoms with Crippen LogP contribution in [0.25, 0.3) is 0 Å². The standard InChI is InChI=1S/C24H31N5O6/c1-28-21-15-18(9-11-20(21)24(32)33)35-13-4-2-3-12-34-17-8-10-19(23(30)31)16(14-17)6-5-7-22(25)29(26)27/h5,7-11,14-15,25,28H,2-4,6,12-13,26-27H2,1H3,(H,30,31)(H,32,33)/b7-5-,25-22?. The van der Waals surface area contributed by atoms with Crippen LogP contribution >= 0.6 is 0 Å². The third-order valence-electron chi connectivity index (χ3n) is 5.02. The van der Waals surface area contributed by atoms with Crippen molar-refractivity contribution in [2.45, 2.75) is 25.7 Å². The highest BCUT2D eigenvalue weighted by Gasteiger charge is 2.11. The monoisotopic (exact) mass is 485 g/mol. The second-order valence-corrected chi connectivity index (χ2v) is 7.54. The first kappa shape index (κ1) is 27.2. The SMILES string of the molecule is CNc1cc(OCCCCCOc2ccc(C(=O)O)c(C/C=C\C(=N)N(N)N)c2)ccc1C(=O)O. The molecular formula is C24H31N5O6. The van der Waals surface area contributed by atoms with Crippen molar-refractivity contribution in [1.82, 2.24) is 5.12 Å². The zero-order valence-corrected chi connectivity index (χ0v) is 19.5. The highest BCUT2D eigenvalue weighted by molar-refractivity contribution is 5.94. The van der Waals surface area contributed by atoms with Crippen LogP contribution in [0.5, 0.6) is 11.5 Å². The predicted octanol–water partition coefficient (Wildman–Crippen LogP) is 2.88. The van der Waals surface area contributed by atoms with Crippen molar-refractivity contribution in [1.29, 1.82) is 5.41 Å². The molecule has 0 atom stereocenters. The molecule has 0 bridgehead atoms. The molecule has 0 unspecified atom stereocenters.